The Balaban J connectivity index is 2.20. The van der Waals surface area contributed by atoms with Gasteiger partial charge in [-0.05, 0) is 58.9 Å². The average Bonchev–Trinajstić information content (AvgIpc) is 2.63. The van der Waals surface area contributed by atoms with Gasteiger partial charge in [0.15, 0.2) is 0 Å². The summed E-state index contributed by atoms with van der Waals surface area (Å²) in [5.41, 5.74) is 9.47. The van der Waals surface area contributed by atoms with Crippen LogP contribution < -0.4 is 5.73 Å². The lowest BCUT2D eigenvalue weighted by Crippen LogP contribution is -2.13. The molecule has 0 aromatic carbocycles. The first-order valence-corrected chi connectivity index (χ1v) is 7.16. The summed E-state index contributed by atoms with van der Waals surface area (Å²) in [5, 5.41) is 2.08. The van der Waals surface area contributed by atoms with Gasteiger partial charge in [-0.3, -0.25) is 4.98 Å². The van der Waals surface area contributed by atoms with Crippen molar-refractivity contribution >= 4 is 27.3 Å². The summed E-state index contributed by atoms with van der Waals surface area (Å²) in [4.78, 5) is 5.66. The zero-order valence-electron chi connectivity index (χ0n) is 9.90. The molecule has 0 saturated heterocycles. The highest BCUT2D eigenvalue weighted by molar-refractivity contribution is 9.10. The molecule has 1 unspecified atom stereocenters. The highest BCUT2D eigenvalue weighted by Crippen LogP contribution is 2.27. The van der Waals surface area contributed by atoms with Gasteiger partial charge < -0.3 is 5.73 Å². The zero-order valence-corrected chi connectivity index (χ0v) is 12.3. The summed E-state index contributed by atoms with van der Waals surface area (Å²) in [6.45, 7) is 4.01. The molecule has 2 aromatic rings. The van der Waals surface area contributed by atoms with Crippen molar-refractivity contribution in [3.05, 3.63) is 49.9 Å². The molecule has 2 heterocycles. The smallest absolute Gasteiger partial charge is 0.0379 e. The minimum Gasteiger partial charge on any atom is -0.324 e. The SMILES string of the molecule is Cc1cc(C(N)Cc2sccc2Br)cc(C)n1. The Bertz CT molecular complexity index is 502. The first kappa shape index (κ1) is 12.7. The third kappa shape index (κ3) is 3.15. The van der Waals surface area contributed by atoms with Gasteiger partial charge in [0.2, 0.25) is 0 Å². The van der Waals surface area contributed by atoms with E-state index in [2.05, 4.69) is 44.5 Å². The Labute approximate surface area is 114 Å². The van der Waals surface area contributed by atoms with Crippen molar-refractivity contribution in [3.8, 4) is 0 Å². The van der Waals surface area contributed by atoms with E-state index in [1.807, 2.05) is 13.8 Å². The van der Waals surface area contributed by atoms with E-state index in [1.165, 1.54) is 4.88 Å². The van der Waals surface area contributed by atoms with Crippen molar-refractivity contribution in [3.63, 3.8) is 0 Å². The van der Waals surface area contributed by atoms with E-state index in [9.17, 15) is 0 Å². The fourth-order valence-corrected chi connectivity index (χ4v) is 3.44. The lowest BCUT2D eigenvalue weighted by molar-refractivity contribution is 0.724. The standard InChI is InChI=1S/C13H15BrN2S/c1-8-5-10(6-9(2)16-8)12(15)7-13-11(14)3-4-17-13/h3-6,12H,7,15H2,1-2H3. The van der Waals surface area contributed by atoms with Crippen LogP contribution in [0.3, 0.4) is 0 Å². The second kappa shape index (κ2) is 5.29. The van der Waals surface area contributed by atoms with Crippen molar-refractivity contribution in [2.45, 2.75) is 26.3 Å². The van der Waals surface area contributed by atoms with E-state index >= 15 is 0 Å². The molecule has 2 aromatic heterocycles. The highest BCUT2D eigenvalue weighted by Gasteiger charge is 2.11. The topological polar surface area (TPSA) is 38.9 Å². The first-order valence-electron chi connectivity index (χ1n) is 5.49. The van der Waals surface area contributed by atoms with Crippen molar-refractivity contribution in [1.29, 1.82) is 0 Å². The fraction of sp³-hybridized carbons (Fsp3) is 0.308. The summed E-state index contributed by atoms with van der Waals surface area (Å²) < 4.78 is 1.15. The van der Waals surface area contributed by atoms with E-state index in [0.29, 0.717) is 0 Å². The molecule has 2 N–H and O–H groups in total. The van der Waals surface area contributed by atoms with E-state index in [0.717, 1.165) is 27.8 Å². The summed E-state index contributed by atoms with van der Waals surface area (Å²) in [7, 11) is 0. The molecule has 2 rings (SSSR count). The number of aromatic nitrogens is 1. The number of pyridine rings is 1. The molecule has 0 saturated carbocycles. The maximum atomic E-state index is 6.25. The van der Waals surface area contributed by atoms with Gasteiger partial charge in [0, 0.05) is 33.2 Å². The minimum absolute atomic E-state index is 0.0327. The van der Waals surface area contributed by atoms with Crippen LogP contribution in [0.2, 0.25) is 0 Å². The number of hydrogen-bond donors (Lipinski definition) is 1. The number of nitrogens with zero attached hydrogens (tertiary/aromatic N) is 1. The average molecular weight is 311 g/mol. The van der Waals surface area contributed by atoms with E-state index in [4.69, 9.17) is 5.73 Å². The van der Waals surface area contributed by atoms with Gasteiger partial charge in [-0.2, -0.15) is 0 Å². The van der Waals surface area contributed by atoms with Crippen molar-refractivity contribution in [2.75, 3.05) is 0 Å². The fourth-order valence-electron chi connectivity index (χ4n) is 1.87. The molecule has 4 heteroatoms. The second-order valence-electron chi connectivity index (χ2n) is 4.19. The van der Waals surface area contributed by atoms with Crippen LogP contribution in [0, 0.1) is 13.8 Å². The van der Waals surface area contributed by atoms with Gasteiger partial charge in [-0.25, -0.2) is 0 Å². The Kier molecular flexibility index (Phi) is 3.97. The molecule has 0 amide bonds. The van der Waals surface area contributed by atoms with Gasteiger partial charge in [0.1, 0.15) is 0 Å². The molecule has 0 bridgehead atoms. The summed E-state index contributed by atoms with van der Waals surface area (Å²) >= 11 is 5.28. The maximum absolute atomic E-state index is 6.25. The molecular formula is C13H15BrN2S. The van der Waals surface area contributed by atoms with Gasteiger partial charge >= 0.3 is 0 Å². The van der Waals surface area contributed by atoms with E-state index in [1.54, 1.807) is 11.3 Å². The van der Waals surface area contributed by atoms with Gasteiger partial charge in [0.25, 0.3) is 0 Å². The number of nitrogens with two attached hydrogens (primary N) is 1. The molecule has 0 aliphatic carbocycles. The molecule has 0 fully saturated rings. The minimum atomic E-state index is 0.0327. The molecule has 17 heavy (non-hydrogen) atoms. The normalized spacial score (nSPS) is 12.7. The van der Waals surface area contributed by atoms with Crippen molar-refractivity contribution in [1.82, 2.24) is 4.98 Å². The zero-order chi connectivity index (χ0) is 12.4. The van der Waals surface area contributed by atoms with Crippen LogP contribution in [0.5, 0.6) is 0 Å². The number of rotatable bonds is 3. The van der Waals surface area contributed by atoms with Crippen molar-refractivity contribution < 1.29 is 0 Å². The van der Waals surface area contributed by atoms with E-state index in [-0.39, 0.29) is 6.04 Å². The highest BCUT2D eigenvalue weighted by atomic mass is 79.9. The molecule has 0 radical (unpaired) electrons. The lowest BCUT2D eigenvalue weighted by Gasteiger charge is -2.12. The number of aryl methyl sites for hydroxylation is 2. The van der Waals surface area contributed by atoms with Gasteiger partial charge in [0.05, 0.1) is 0 Å². The van der Waals surface area contributed by atoms with Crippen LogP contribution in [0.25, 0.3) is 0 Å². The Morgan fingerprint density at radius 3 is 2.53 bits per heavy atom. The predicted octanol–water partition coefficient (Wildman–Crippen LogP) is 3.76. The molecule has 90 valence electrons. The Morgan fingerprint density at radius 2 is 2.00 bits per heavy atom. The van der Waals surface area contributed by atoms with Crippen LogP contribution in [-0.4, -0.2) is 4.98 Å². The molecule has 1 atom stereocenters. The monoisotopic (exact) mass is 310 g/mol. The first-order chi connectivity index (χ1) is 8.06. The Morgan fingerprint density at radius 1 is 1.35 bits per heavy atom. The summed E-state index contributed by atoms with van der Waals surface area (Å²) in [6, 6.07) is 6.24. The molecular weight excluding hydrogens is 296 g/mol. The van der Waals surface area contributed by atoms with Crippen LogP contribution in [0.1, 0.15) is 27.9 Å². The summed E-state index contributed by atoms with van der Waals surface area (Å²) in [5.74, 6) is 0. The van der Waals surface area contributed by atoms with E-state index < -0.39 is 0 Å². The quantitative estimate of drug-likeness (QED) is 0.937. The second-order valence-corrected chi connectivity index (χ2v) is 6.04. The Hall–Kier alpha value is -0.710. The van der Waals surface area contributed by atoms with Crippen LogP contribution in [-0.2, 0) is 6.42 Å². The van der Waals surface area contributed by atoms with Crippen LogP contribution >= 0.6 is 27.3 Å². The summed E-state index contributed by atoms with van der Waals surface area (Å²) in [6.07, 6.45) is 0.862. The molecule has 0 aliphatic rings. The largest absolute Gasteiger partial charge is 0.324 e. The third-order valence-corrected chi connectivity index (χ3v) is 4.58. The predicted molar refractivity (Wildman–Crippen MR) is 76.4 cm³/mol. The molecule has 2 nitrogen and oxygen atoms in total. The lowest BCUT2D eigenvalue weighted by atomic mass is 10.0. The molecule has 0 spiro atoms. The number of halogens is 1. The van der Waals surface area contributed by atoms with Gasteiger partial charge in [-0.1, -0.05) is 0 Å². The van der Waals surface area contributed by atoms with Crippen LogP contribution in [0.15, 0.2) is 28.1 Å². The van der Waals surface area contributed by atoms with Crippen LogP contribution in [0.4, 0.5) is 0 Å². The number of hydrogen-bond acceptors (Lipinski definition) is 3. The maximum Gasteiger partial charge on any atom is 0.0379 e. The molecule has 0 aliphatic heterocycles. The van der Waals surface area contributed by atoms with Crippen molar-refractivity contribution in [2.24, 2.45) is 5.73 Å². The number of thiophene rings is 1. The van der Waals surface area contributed by atoms with Gasteiger partial charge in [-0.15, -0.1) is 11.3 Å². The third-order valence-electron chi connectivity index (χ3n) is 2.63.